The van der Waals surface area contributed by atoms with Crippen LogP contribution in [-0.4, -0.2) is 18.3 Å². The van der Waals surface area contributed by atoms with E-state index in [-0.39, 0.29) is 5.91 Å². The molecule has 0 spiro atoms. The van der Waals surface area contributed by atoms with Gasteiger partial charge in [0.05, 0.1) is 5.02 Å². The van der Waals surface area contributed by atoms with Crippen LogP contribution in [0.3, 0.4) is 0 Å². The monoisotopic (exact) mass is 435 g/mol. The molecule has 0 saturated heterocycles. The number of hydrogen-bond donors (Lipinski definition) is 2. The highest BCUT2D eigenvalue weighted by Crippen LogP contribution is 2.25. The van der Waals surface area contributed by atoms with Crippen molar-refractivity contribution in [2.45, 2.75) is 46.5 Å². The zero-order chi connectivity index (χ0) is 22.2. The number of halogens is 1. The molecule has 1 amide bonds. The lowest BCUT2D eigenvalue weighted by atomic mass is 10.0. The van der Waals surface area contributed by atoms with Gasteiger partial charge in [-0.05, 0) is 49.4 Å². The van der Waals surface area contributed by atoms with Crippen molar-refractivity contribution in [3.05, 3.63) is 93.3 Å². The van der Waals surface area contributed by atoms with Crippen molar-refractivity contribution in [1.82, 2.24) is 10.6 Å². The molecule has 1 heterocycles. The first kappa shape index (κ1) is 22.8. The van der Waals surface area contributed by atoms with Gasteiger partial charge >= 0.3 is 0 Å². The number of amides is 1. The molecule has 0 saturated carbocycles. The lowest BCUT2D eigenvalue weighted by molar-refractivity contribution is -0.120. The van der Waals surface area contributed by atoms with Gasteiger partial charge in [-0.15, -0.1) is 0 Å². The molecule has 31 heavy (non-hydrogen) atoms. The predicted octanol–water partition coefficient (Wildman–Crippen LogP) is 5.49. The van der Waals surface area contributed by atoms with E-state index in [0.29, 0.717) is 24.4 Å². The van der Waals surface area contributed by atoms with Crippen molar-refractivity contribution in [3.63, 3.8) is 0 Å². The highest BCUT2D eigenvalue weighted by atomic mass is 35.5. The normalized spacial score (nSPS) is 16.2. The van der Waals surface area contributed by atoms with Gasteiger partial charge in [0, 0.05) is 36.3 Å². The molecule has 2 N–H and O–H groups in total. The summed E-state index contributed by atoms with van der Waals surface area (Å²) in [6.07, 6.45) is 6.77. The van der Waals surface area contributed by atoms with E-state index < -0.39 is 0 Å². The first-order valence-corrected chi connectivity index (χ1v) is 11.2. The SMILES string of the molecule is C/C=C1\C/C(=C\CC(=O)NCCc2ccccc2CC)NC(c2c(C)cccc2Cl)=N1. The maximum Gasteiger partial charge on any atom is 0.223 e. The second kappa shape index (κ2) is 11.0. The average Bonchev–Trinajstić information content (AvgIpc) is 2.77. The first-order valence-electron chi connectivity index (χ1n) is 10.8. The Bertz CT molecular complexity index is 1020. The Labute approximate surface area is 190 Å². The Morgan fingerprint density at radius 3 is 2.68 bits per heavy atom. The van der Waals surface area contributed by atoms with Crippen molar-refractivity contribution < 1.29 is 4.79 Å². The van der Waals surface area contributed by atoms with Crippen molar-refractivity contribution in [2.75, 3.05) is 6.54 Å². The summed E-state index contributed by atoms with van der Waals surface area (Å²) in [7, 11) is 0. The second-order valence-electron chi connectivity index (χ2n) is 7.63. The summed E-state index contributed by atoms with van der Waals surface area (Å²) in [4.78, 5) is 17.1. The van der Waals surface area contributed by atoms with Crippen LogP contribution in [0.2, 0.25) is 5.02 Å². The van der Waals surface area contributed by atoms with E-state index in [9.17, 15) is 4.79 Å². The maximum atomic E-state index is 12.4. The molecule has 1 aliphatic rings. The molecule has 3 rings (SSSR count). The van der Waals surface area contributed by atoms with E-state index in [1.54, 1.807) is 0 Å². The quantitative estimate of drug-likeness (QED) is 0.604. The number of benzene rings is 2. The van der Waals surface area contributed by atoms with Gasteiger partial charge in [0.2, 0.25) is 5.91 Å². The molecule has 5 heteroatoms. The van der Waals surface area contributed by atoms with Crippen LogP contribution in [0.15, 0.2) is 71.0 Å². The molecular weight excluding hydrogens is 406 g/mol. The molecule has 162 valence electrons. The van der Waals surface area contributed by atoms with Crippen LogP contribution in [0.1, 0.15) is 48.9 Å². The van der Waals surface area contributed by atoms with Crippen molar-refractivity contribution in [1.29, 1.82) is 0 Å². The standard InChI is InChI=1S/C26H30ClN3O/c1-4-19-10-6-7-11-20(19)15-16-28-24(31)14-13-22-17-21(5-2)29-26(30-22)25-18(3)9-8-12-23(25)27/h5-13H,4,14-17H2,1-3H3,(H,28,31)(H,29,30)/b21-5+,22-13+. The first-order chi connectivity index (χ1) is 15.0. The van der Waals surface area contributed by atoms with Crippen LogP contribution in [0.25, 0.3) is 0 Å². The average molecular weight is 436 g/mol. The minimum Gasteiger partial charge on any atom is -0.356 e. The van der Waals surface area contributed by atoms with E-state index >= 15 is 0 Å². The molecule has 2 aromatic rings. The largest absolute Gasteiger partial charge is 0.356 e. The molecule has 0 aliphatic carbocycles. The van der Waals surface area contributed by atoms with Crippen molar-refractivity contribution in [2.24, 2.45) is 4.99 Å². The fraction of sp³-hybridized carbons (Fsp3) is 0.308. The third-order valence-corrected chi connectivity index (χ3v) is 5.76. The van der Waals surface area contributed by atoms with E-state index in [0.717, 1.165) is 41.2 Å². The number of amidine groups is 1. The Morgan fingerprint density at radius 1 is 1.19 bits per heavy atom. The lowest BCUT2D eigenvalue weighted by Gasteiger charge is -2.22. The highest BCUT2D eigenvalue weighted by Gasteiger charge is 2.18. The zero-order valence-electron chi connectivity index (χ0n) is 18.5. The number of allylic oxidation sites excluding steroid dienone is 1. The number of carbonyl (C=O) groups is 1. The van der Waals surface area contributed by atoms with Gasteiger partial charge in [0.1, 0.15) is 5.84 Å². The Hall–Kier alpha value is -2.85. The van der Waals surface area contributed by atoms with Gasteiger partial charge in [-0.25, -0.2) is 4.99 Å². The van der Waals surface area contributed by atoms with Gasteiger partial charge in [0.15, 0.2) is 0 Å². The Balaban J connectivity index is 1.61. The number of rotatable bonds is 7. The van der Waals surface area contributed by atoms with Crippen LogP contribution < -0.4 is 10.6 Å². The fourth-order valence-electron chi connectivity index (χ4n) is 3.71. The molecule has 0 fully saturated rings. The Kier molecular flexibility index (Phi) is 8.07. The van der Waals surface area contributed by atoms with Crippen LogP contribution in [-0.2, 0) is 17.6 Å². The number of hydrogen-bond acceptors (Lipinski definition) is 3. The number of nitrogens with zero attached hydrogens (tertiary/aromatic N) is 1. The predicted molar refractivity (Wildman–Crippen MR) is 129 cm³/mol. The summed E-state index contributed by atoms with van der Waals surface area (Å²) in [5.41, 5.74) is 6.51. The number of nitrogens with one attached hydrogen (secondary N) is 2. The summed E-state index contributed by atoms with van der Waals surface area (Å²) >= 11 is 6.43. The minimum atomic E-state index is 0.0169. The lowest BCUT2D eigenvalue weighted by Crippen LogP contribution is -2.30. The molecule has 0 atom stereocenters. The maximum absolute atomic E-state index is 12.4. The van der Waals surface area contributed by atoms with Crippen molar-refractivity contribution >= 4 is 23.3 Å². The molecule has 0 radical (unpaired) electrons. The van der Waals surface area contributed by atoms with E-state index in [2.05, 4.69) is 35.8 Å². The molecule has 0 bridgehead atoms. The third kappa shape index (κ3) is 6.08. The van der Waals surface area contributed by atoms with Crippen LogP contribution in [0.4, 0.5) is 0 Å². The van der Waals surface area contributed by atoms with Crippen LogP contribution >= 0.6 is 11.6 Å². The zero-order valence-corrected chi connectivity index (χ0v) is 19.2. The van der Waals surface area contributed by atoms with Crippen LogP contribution in [0.5, 0.6) is 0 Å². The molecule has 1 aliphatic heterocycles. The van der Waals surface area contributed by atoms with Gasteiger partial charge in [-0.3, -0.25) is 4.79 Å². The summed E-state index contributed by atoms with van der Waals surface area (Å²) in [6.45, 7) is 6.78. The summed E-state index contributed by atoms with van der Waals surface area (Å²) in [6, 6.07) is 14.2. The van der Waals surface area contributed by atoms with Crippen LogP contribution in [0, 0.1) is 6.92 Å². The molecule has 4 nitrogen and oxygen atoms in total. The summed E-state index contributed by atoms with van der Waals surface area (Å²) < 4.78 is 0. The number of aryl methyl sites for hydroxylation is 2. The number of aliphatic imine (C=N–C) groups is 1. The minimum absolute atomic E-state index is 0.0169. The topological polar surface area (TPSA) is 53.5 Å². The van der Waals surface area contributed by atoms with E-state index in [4.69, 9.17) is 16.6 Å². The van der Waals surface area contributed by atoms with E-state index in [1.165, 1.54) is 11.1 Å². The Morgan fingerprint density at radius 2 is 1.97 bits per heavy atom. The summed E-state index contributed by atoms with van der Waals surface area (Å²) in [5, 5.41) is 7.07. The van der Waals surface area contributed by atoms with Gasteiger partial charge in [-0.2, -0.15) is 0 Å². The van der Waals surface area contributed by atoms with E-state index in [1.807, 2.05) is 50.3 Å². The molecular formula is C26H30ClN3O. The van der Waals surface area contributed by atoms with Gasteiger partial charge in [-0.1, -0.05) is 67.1 Å². The fourth-order valence-corrected chi connectivity index (χ4v) is 4.02. The molecule has 0 aromatic heterocycles. The molecule has 2 aromatic carbocycles. The molecule has 0 unspecified atom stereocenters. The van der Waals surface area contributed by atoms with Crippen molar-refractivity contribution in [3.8, 4) is 0 Å². The second-order valence-corrected chi connectivity index (χ2v) is 8.04. The third-order valence-electron chi connectivity index (χ3n) is 5.45. The van der Waals surface area contributed by atoms with Gasteiger partial charge < -0.3 is 10.6 Å². The number of carbonyl (C=O) groups excluding carboxylic acids is 1. The highest BCUT2D eigenvalue weighted by molar-refractivity contribution is 6.34. The van der Waals surface area contributed by atoms with Gasteiger partial charge in [0.25, 0.3) is 0 Å². The summed E-state index contributed by atoms with van der Waals surface area (Å²) in [5.74, 6) is 0.744. The smallest absolute Gasteiger partial charge is 0.223 e.